The molecule has 1 saturated heterocycles. The summed E-state index contributed by atoms with van der Waals surface area (Å²) in [4.78, 5) is 26.3. The Morgan fingerprint density at radius 3 is 2.53 bits per heavy atom. The molecule has 1 saturated carbocycles. The molecule has 0 atom stereocenters. The third-order valence-corrected chi connectivity index (χ3v) is 6.74. The van der Waals surface area contributed by atoms with Crippen LogP contribution in [0, 0.1) is 6.92 Å². The Bertz CT molecular complexity index is 952. The normalized spacial score (nSPS) is 16.8. The molecule has 7 heteroatoms. The lowest BCUT2D eigenvalue weighted by atomic mass is 9.89. The van der Waals surface area contributed by atoms with Crippen molar-refractivity contribution in [2.45, 2.75) is 50.9 Å². The summed E-state index contributed by atoms with van der Waals surface area (Å²) in [7, 11) is 3.46. The first-order valence-corrected chi connectivity index (χ1v) is 11.6. The highest BCUT2D eigenvalue weighted by Gasteiger charge is 2.32. The summed E-state index contributed by atoms with van der Waals surface area (Å²) < 4.78 is 5.57. The number of rotatable bonds is 8. The van der Waals surface area contributed by atoms with Gasteiger partial charge in [-0.1, -0.05) is 18.2 Å². The molecule has 1 aromatic carbocycles. The second kappa shape index (κ2) is 9.86. The van der Waals surface area contributed by atoms with E-state index in [-0.39, 0.29) is 12.5 Å². The summed E-state index contributed by atoms with van der Waals surface area (Å²) in [5.74, 6) is 2.67. The van der Waals surface area contributed by atoms with Crippen LogP contribution in [0.3, 0.4) is 0 Å². The number of aromatic nitrogens is 2. The lowest BCUT2D eigenvalue weighted by Crippen LogP contribution is -2.35. The number of para-hydroxylation sites is 1. The minimum Gasteiger partial charge on any atom is -0.496 e. The number of benzene rings is 1. The number of piperidine rings is 1. The van der Waals surface area contributed by atoms with Crippen molar-refractivity contribution in [2.24, 2.45) is 0 Å². The van der Waals surface area contributed by atoms with Crippen LogP contribution in [0.1, 0.15) is 60.0 Å². The van der Waals surface area contributed by atoms with Crippen LogP contribution in [0.15, 0.2) is 24.3 Å². The van der Waals surface area contributed by atoms with E-state index in [0.717, 1.165) is 67.4 Å². The van der Waals surface area contributed by atoms with E-state index in [9.17, 15) is 4.79 Å². The summed E-state index contributed by atoms with van der Waals surface area (Å²) in [5.41, 5.74) is 4.20. The van der Waals surface area contributed by atoms with Gasteiger partial charge in [-0.15, -0.1) is 0 Å². The van der Waals surface area contributed by atoms with E-state index in [1.165, 1.54) is 5.56 Å². The molecule has 2 fully saturated rings. The molecular weight excluding hydrogens is 404 g/mol. The van der Waals surface area contributed by atoms with Crippen LogP contribution in [-0.2, 0) is 11.2 Å². The number of aliphatic hydroxyl groups is 1. The predicted molar refractivity (Wildman–Crippen MR) is 124 cm³/mol. The molecule has 1 aliphatic carbocycles. The lowest BCUT2D eigenvalue weighted by molar-refractivity contribution is -0.129. The number of nitrogens with zero attached hydrogens (tertiary/aromatic N) is 4. The fourth-order valence-corrected chi connectivity index (χ4v) is 4.61. The minimum atomic E-state index is -0.0308. The second-order valence-corrected chi connectivity index (χ2v) is 8.97. The number of carbonyl (C=O) groups excluding carboxylic acids is 1. The molecule has 4 rings (SSSR count). The van der Waals surface area contributed by atoms with Gasteiger partial charge in [0.2, 0.25) is 11.9 Å². The molecule has 7 nitrogen and oxygen atoms in total. The van der Waals surface area contributed by atoms with E-state index < -0.39 is 0 Å². The molecule has 0 unspecified atom stereocenters. The van der Waals surface area contributed by atoms with Gasteiger partial charge in [0.05, 0.1) is 25.8 Å². The molecular formula is C25H34N4O3. The SMILES string of the molecule is COc1ccccc1C1CCN(c2nc(C)c(CC(=O)N(C)CCO)c(C3CC3)n2)CC1. The zero-order valence-electron chi connectivity index (χ0n) is 19.4. The smallest absolute Gasteiger partial charge is 0.226 e. The average Bonchev–Trinajstić information content (AvgIpc) is 3.66. The Morgan fingerprint density at radius 2 is 1.88 bits per heavy atom. The number of aliphatic hydroxyl groups excluding tert-OH is 1. The number of hydrogen-bond acceptors (Lipinski definition) is 6. The Balaban J connectivity index is 1.50. The molecule has 0 spiro atoms. The maximum absolute atomic E-state index is 12.6. The summed E-state index contributed by atoms with van der Waals surface area (Å²) in [6.45, 7) is 4.12. The third-order valence-electron chi connectivity index (χ3n) is 6.74. The van der Waals surface area contributed by atoms with E-state index in [1.54, 1.807) is 19.1 Å². The van der Waals surface area contributed by atoms with Crippen LogP contribution in [-0.4, -0.2) is 66.3 Å². The zero-order chi connectivity index (χ0) is 22.7. The number of ether oxygens (including phenoxy) is 1. The van der Waals surface area contributed by atoms with E-state index in [2.05, 4.69) is 17.0 Å². The van der Waals surface area contributed by atoms with Gasteiger partial charge in [-0.2, -0.15) is 0 Å². The van der Waals surface area contributed by atoms with Crippen LogP contribution in [0.25, 0.3) is 0 Å². The van der Waals surface area contributed by atoms with Crippen LogP contribution >= 0.6 is 0 Å². The number of aryl methyl sites for hydroxylation is 1. The molecule has 1 aromatic heterocycles. The third kappa shape index (κ3) is 4.88. The molecule has 2 aromatic rings. The van der Waals surface area contributed by atoms with Gasteiger partial charge in [-0.05, 0) is 50.2 Å². The van der Waals surface area contributed by atoms with E-state index in [1.807, 2.05) is 19.1 Å². The summed E-state index contributed by atoms with van der Waals surface area (Å²) in [6, 6.07) is 8.30. The molecule has 32 heavy (non-hydrogen) atoms. The topological polar surface area (TPSA) is 78.8 Å². The van der Waals surface area contributed by atoms with Crippen molar-refractivity contribution in [1.29, 1.82) is 0 Å². The Morgan fingerprint density at radius 1 is 1.16 bits per heavy atom. The molecule has 0 radical (unpaired) electrons. The van der Waals surface area contributed by atoms with Crippen LogP contribution in [0.2, 0.25) is 0 Å². The van der Waals surface area contributed by atoms with Crippen molar-refractivity contribution in [3.63, 3.8) is 0 Å². The quantitative estimate of drug-likeness (QED) is 0.683. The van der Waals surface area contributed by atoms with Crippen molar-refractivity contribution >= 4 is 11.9 Å². The fourth-order valence-electron chi connectivity index (χ4n) is 4.61. The average molecular weight is 439 g/mol. The molecule has 0 bridgehead atoms. The van der Waals surface area contributed by atoms with Crippen LogP contribution < -0.4 is 9.64 Å². The Labute approximate surface area is 190 Å². The largest absolute Gasteiger partial charge is 0.496 e. The molecule has 2 heterocycles. The zero-order valence-corrected chi connectivity index (χ0v) is 19.4. The predicted octanol–water partition coefficient (Wildman–Crippen LogP) is 3.05. The summed E-state index contributed by atoms with van der Waals surface area (Å²) >= 11 is 0. The number of hydrogen-bond donors (Lipinski definition) is 1. The molecule has 1 amide bonds. The van der Waals surface area contributed by atoms with E-state index >= 15 is 0 Å². The number of carbonyl (C=O) groups is 1. The molecule has 1 aliphatic heterocycles. The second-order valence-electron chi connectivity index (χ2n) is 8.97. The number of likely N-dealkylation sites (N-methyl/N-ethyl adjacent to an activating group) is 1. The van der Waals surface area contributed by atoms with Crippen molar-refractivity contribution < 1.29 is 14.6 Å². The molecule has 1 N–H and O–H groups in total. The van der Waals surface area contributed by atoms with Gasteiger partial charge in [-0.25, -0.2) is 9.97 Å². The number of anilines is 1. The van der Waals surface area contributed by atoms with Crippen LogP contribution in [0.5, 0.6) is 5.75 Å². The maximum atomic E-state index is 12.6. The van der Waals surface area contributed by atoms with Gasteiger partial charge in [0.25, 0.3) is 0 Å². The minimum absolute atomic E-state index is 0.00183. The van der Waals surface area contributed by atoms with Crippen molar-refractivity contribution in [3.05, 3.63) is 46.8 Å². The van der Waals surface area contributed by atoms with E-state index in [4.69, 9.17) is 19.8 Å². The van der Waals surface area contributed by atoms with Gasteiger partial charge in [0, 0.05) is 43.9 Å². The van der Waals surface area contributed by atoms with Gasteiger partial charge in [-0.3, -0.25) is 4.79 Å². The van der Waals surface area contributed by atoms with Gasteiger partial charge < -0.3 is 19.6 Å². The van der Waals surface area contributed by atoms with Gasteiger partial charge >= 0.3 is 0 Å². The molecule has 2 aliphatic rings. The highest BCUT2D eigenvalue weighted by Crippen LogP contribution is 2.42. The number of methoxy groups -OCH3 is 1. The molecule has 172 valence electrons. The Hall–Kier alpha value is -2.67. The number of amides is 1. The first-order chi connectivity index (χ1) is 15.5. The summed E-state index contributed by atoms with van der Waals surface area (Å²) in [6.07, 6.45) is 4.62. The Kier molecular flexibility index (Phi) is 6.94. The van der Waals surface area contributed by atoms with Crippen LogP contribution in [0.4, 0.5) is 5.95 Å². The maximum Gasteiger partial charge on any atom is 0.226 e. The standard InChI is InChI=1S/C25H34N4O3/c1-17-21(16-23(31)28(2)14-15-30)24(19-8-9-19)27-25(26-17)29-12-10-18(11-13-29)20-6-4-5-7-22(20)32-3/h4-7,18-19,30H,8-16H2,1-3H3. The van der Waals surface area contributed by atoms with Crippen molar-refractivity contribution in [1.82, 2.24) is 14.9 Å². The highest BCUT2D eigenvalue weighted by molar-refractivity contribution is 5.79. The lowest BCUT2D eigenvalue weighted by Gasteiger charge is -2.33. The van der Waals surface area contributed by atoms with E-state index in [0.29, 0.717) is 24.8 Å². The fraction of sp³-hybridized carbons (Fsp3) is 0.560. The first-order valence-electron chi connectivity index (χ1n) is 11.6. The summed E-state index contributed by atoms with van der Waals surface area (Å²) in [5, 5.41) is 9.13. The monoisotopic (exact) mass is 438 g/mol. The van der Waals surface area contributed by atoms with Crippen molar-refractivity contribution in [2.75, 3.05) is 45.3 Å². The van der Waals surface area contributed by atoms with Gasteiger partial charge in [0.15, 0.2) is 0 Å². The first kappa shape index (κ1) is 22.5. The van der Waals surface area contributed by atoms with Gasteiger partial charge in [0.1, 0.15) is 5.75 Å². The highest BCUT2D eigenvalue weighted by atomic mass is 16.5. The van der Waals surface area contributed by atoms with Crippen molar-refractivity contribution in [3.8, 4) is 5.75 Å².